The Labute approximate surface area is 116 Å². The van der Waals surface area contributed by atoms with Crippen molar-refractivity contribution in [2.45, 2.75) is 13.0 Å². The minimum Gasteiger partial charge on any atom is -0.497 e. The van der Waals surface area contributed by atoms with E-state index in [0.29, 0.717) is 4.99 Å². The summed E-state index contributed by atoms with van der Waals surface area (Å²) >= 11 is 8.40. The molecule has 0 saturated carbocycles. The van der Waals surface area contributed by atoms with Crippen molar-refractivity contribution in [2.24, 2.45) is 5.73 Å². The topological polar surface area (TPSA) is 38.5 Å². The number of ether oxygens (including phenoxy) is 1. The van der Waals surface area contributed by atoms with Gasteiger partial charge in [0.2, 0.25) is 0 Å². The largest absolute Gasteiger partial charge is 0.497 e. The van der Waals surface area contributed by atoms with Gasteiger partial charge < -0.3 is 15.4 Å². The number of nitrogens with zero attached hydrogens (tertiary/aromatic N) is 1. The van der Waals surface area contributed by atoms with Crippen molar-refractivity contribution in [3.8, 4) is 5.75 Å². The minimum absolute atomic E-state index is 0.557. The Hall–Kier alpha value is -0.650. The first-order chi connectivity index (χ1) is 8.02. The lowest BCUT2D eigenvalue weighted by molar-refractivity contribution is 0.335. The lowest BCUT2D eigenvalue weighted by Crippen LogP contribution is -2.23. The van der Waals surface area contributed by atoms with Gasteiger partial charge in [-0.05, 0) is 30.8 Å². The van der Waals surface area contributed by atoms with E-state index in [1.807, 2.05) is 25.2 Å². The molecule has 1 rings (SSSR count). The van der Waals surface area contributed by atoms with Crippen LogP contribution in [0.3, 0.4) is 0 Å². The van der Waals surface area contributed by atoms with Gasteiger partial charge in [-0.25, -0.2) is 0 Å². The first kappa shape index (κ1) is 14.4. The number of rotatable bonds is 6. The van der Waals surface area contributed by atoms with Crippen LogP contribution in [0.15, 0.2) is 22.7 Å². The predicted molar refractivity (Wildman–Crippen MR) is 78.4 cm³/mol. The third-order valence-corrected chi connectivity index (χ3v) is 3.41. The van der Waals surface area contributed by atoms with Gasteiger partial charge in [-0.3, -0.25) is 0 Å². The molecule has 0 atom stereocenters. The van der Waals surface area contributed by atoms with Crippen LogP contribution in [0.1, 0.15) is 12.0 Å². The zero-order valence-electron chi connectivity index (χ0n) is 10.1. The van der Waals surface area contributed by atoms with E-state index >= 15 is 0 Å². The average Bonchev–Trinajstić information content (AvgIpc) is 2.29. The van der Waals surface area contributed by atoms with E-state index in [1.54, 1.807) is 7.11 Å². The lowest BCUT2D eigenvalue weighted by atomic mass is 10.2. The van der Waals surface area contributed by atoms with E-state index in [1.165, 1.54) is 5.56 Å². The molecule has 0 spiro atoms. The fourth-order valence-corrected chi connectivity index (χ4v) is 1.93. The molecule has 1 aromatic carbocycles. The SMILES string of the molecule is COc1ccc(Br)c(CN(C)CCC(N)=S)c1. The van der Waals surface area contributed by atoms with Gasteiger partial charge in [0.1, 0.15) is 5.75 Å². The molecular weight excluding hydrogens is 300 g/mol. The summed E-state index contributed by atoms with van der Waals surface area (Å²) in [6.07, 6.45) is 0.743. The van der Waals surface area contributed by atoms with E-state index in [2.05, 4.69) is 20.8 Å². The van der Waals surface area contributed by atoms with Crippen LogP contribution in [-0.2, 0) is 6.54 Å². The number of hydrogen-bond donors (Lipinski definition) is 1. The molecule has 0 aliphatic carbocycles. The van der Waals surface area contributed by atoms with Crippen molar-refractivity contribution in [1.29, 1.82) is 0 Å². The molecule has 0 heterocycles. The Morgan fingerprint density at radius 1 is 1.53 bits per heavy atom. The Morgan fingerprint density at radius 3 is 2.82 bits per heavy atom. The molecule has 1 aromatic rings. The first-order valence-electron chi connectivity index (χ1n) is 5.32. The van der Waals surface area contributed by atoms with Crippen molar-refractivity contribution in [3.63, 3.8) is 0 Å². The highest BCUT2D eigenvalue weighted by molar-refractivity contribution is 9.10. The van der Waals surface area contributed by atoms with Crippen molar-refractivity contribution in [2.75, 3.05) is 20.7 Å². The monoisotopic (exact) mass is 316 g/mol. The number of nitrogens with two attached hydrogens (primary N) is 1. The Bertz CT molecular complexity index is 398. The molecule has 0 amide bonds. The highest BCUT2D eigenvalue weighted by Gasteiger charge is 2.06. The Morgan fingerprint density at radius 2 is 2.24 bits per heavy atom. The van der Waals surface area contributed by atoms with Gasteiger partial charge in [0.15, 0.2) is 0 Å². The summed E-state index contributed by atoms with van der Waals surface area (Å²) < 4.78 is 6.29. The third-order valence-electron chi connectivity index (χ3n) is 2.43. The second-order valence-corrected chi connectivity index (χ2v) is 5.29. The predicted octanol–water partition coefficient (Wildman–Crippen LogP) is 2.57. The maximum absolute atomic E-state index is 5.49. The smallest absolute Gasteiger partial charge is 0.119 e. The maximum Gasteiger partial charge on any atom is 0.119 e. The number of methoxy groups -OCH3 is 1. The van der Waals surface area contributed by atoms with Crippen LogP contribution in [0, 0.1) is 0 Å². The van der Waals surface area contributed by atoms with Gasteiger partial charge in [-0.1, -0.05) is 28.1 Å². The number of halogens is 1. The molecule has 0 saturated heterocycles. The average molecular weight is 317 g/mol. The van der Waals surface area contributed by atoms with Crippen LogP contribution < -0.4 is 10.5 Å². The summed E-state index contributed by atoms with van der Waals surface area (Å²) in [7, 11) is 3.72. The van der Waals surface area contributed by atoms with Crippen molar-refractivity contribution in [1.82, 2.24) is 4.90 Å². The van der Waals surface area contributed by atoms with Crippen LogP contribution in [0.5, 0.6) is 5.75 Å². The quantitative estimate of drug-likeness (QED) is 0.819. The molecule has 0 aliphatic rings. The molecule has 0 fully saturated rings. The van der Waals surface area contributed by atoms with Crippen LogP contribution in [0.2, 0.25) is 0 Å². The summed E-state index contributed by atoms with van der Waals surface area (Å²) in [5, 5.41) is 0. The Balaban J connectivity index is 2.63. The van der Waals surface area contributed by atoms with Gasteiger partial charge in [0.25, 0.3) is 0 Å². The summed E-state index contributed by atoms with van der Waals surface area (Å²) in [4.78, 5) is 2.74. The van der Waals surface area contributed by atoms with Crippen LogP contribution in [-0.4, -0.2) is 30.6 Å². The minimum atomic E-state index is 0.557. The number of hydrogen-bond acceptors (Lipinski definition) is 3. The molecule has 0 radical (unpaired) electrons. The lowest BCUT2D eigenvalue weighted by Gasteiger charge is -2.17. The number of thiocarbonyl (C=S) groups is 1. The van der Waals surface area contributed by atoms with Gasteiger partial charge in [-0.2, -0.15) is 0 Å². The van der Waals surface area contributed by atoms with Gasteiger partial charge >= 0.3 is 0 Å². The fraction of sp³-hybridized carbons (Fsp3) is 0.417. The number of benzene rings is 1. The molecule has 0 aliphatic heterocycles. The third kappa shape index (κ3) is 5.02. The maximum atomic E-state index is 5.49. The molecule has 17 heavy (non-hydrogen) atoms. The molecule has 0 bridgehead atoms. The van der Waals surface area contributed by atoms with Gasteiger partial charge in [0, 0.05) is 24.0 Å². The van der Waals surface area contributed by atoms with Gasteiger partial charge in [-0.15, -0.1) is 0 Å². The normalized spacial score (nSPS) is 10.6. The fourth-order valence-electron chi connectivity index (χ4n) is 1.47. The van der Waals surface area contributed by atoms with Crippen LogP contribution in [0.4, 0.5) is 0 Å². The highest BCUT2D eigenvalue weighted by Crippen LogP contribution is 2.23. The van der Waals surface area contributed by atoms with Gasteiger partial charge in [0.05, 0.1) is 12.1 Å². The highest BCUT2D eigenvalue weighted by atomic mass is 79.9. The summed E-state index contributed by atoms with van der Waals surface area (Å²) in [5.74, 6) is 0.867. The molecule has 0 unspecified atom stereocenters. The molecule has 94 valence electrons. The zero-order chi connectivity index (χ0) is 12.8. The second kappa shape index (κ2) is 6.93. The Kier molecular flexibility index (Phi) is 5.88. The standard InChI is InChI=1S/C12H17BrN2OS/c1-15(6-5-12(14)17)8-9-7-10(16-2)3-4-11(9)13/h3-4,7H,5-6,8H2,1-2H3,(H2,14,17). The van der Waals surface area contributed by atoms with E-state index in [9.17, 15) is 0 Å². The molecular formula is C12H17BrN2OS. The van der Waals surface area contributed by atoms with Crippen molar-refractivity contribution >= 4 is 33.1 Å². The molecule has 3 nitrogen and oxygen atoms in total. The van der Waals surface area contributed by atoms with Crippen LogP contribution >= 0.6 is 28.1 Å². The van der Waals surface area contributed by atoms with Crippen LogP contribution in [0.25, 0.3) is 0 Å². The van der Waals surface area contributed by atoms with E-state index < -0.39 is 0 Å². The van der Waals surface area contributed by atoms with Crippen molar-refractivity contribution in [3.05, 3.63) is 28.2 Å². The zero-order valence-corrected chi connectivity index (χ0v) is 12.5. The van der Waals surface area contributed by atoms with Crippen molar-refractivity contribution < 1.29 is 4.74 Å². The summed E-state index contributed by atoms with van der Waals surface area (Å²) in [5.41, 5.74) is 6.67. The summed E-state index contributed by atoms with van der Waals surface area (Å²) in [6.45, 7) is 1.69. The molecule has 5 heteroatoms. The molecule has 2 N–H and O–H groups in total. The van der Waals surface area contributed by atoms with E-state index in [-0.39, 0.29) is 0 Å². The second-order valence-electron chi connectivity index (χ2n) is 3.91. The van der Waals surface area contributed by atoms with E-state index in [4.69, 9.17) is 22.7 Å². The molecule has 0 aromatic heterocycles. The van der Waals surface area contributed by atoms with E-state index in [0.717, 1.165) is 29.7 Å². The first-order valence-corrected chi connectivity index (χ1v) is 6.52. The summed E-state index contributed by atoms with van der Waals surface area (Å²) in [6, 6.07) is 5.96.